The molecule has 1 aromatic carbocycles. The van der Waals surface area contributed by atoms with Gasteiger partial charge < -0.3 is 9.47 Å². The number of methoxy groups -OCH3 is 1. The lowest BCUT2D eigenvalue weighted by Gasteiger charge is -2.06. The lowest BCUT2D eigenvalue weighted by molar-refractivity contribution is 0.0593. The van der Waals surface area contributed by atoms with E-state index in [-0.39, 0.29) is 12.3 Å². The Balaban J connectivity index is 1.93. The van der Waals surface area contributed by atoms with Gasteiger partial charge in [0.05, 0.1) is 7.11 Å². The highest BCUT2D eigenvalue weighted by Gasteiger charge is 2.15. The summed E-state index contributed by atoms with van der Waals surface area (Å²) >= 11 is 0. The third kappa shape index (κ3) is 3.82. The molecule has 1 heterocycles. The maximum absolute atomic E-state index is 11.7. The Morgan fingerprint density at radius 3 is 2.67 bits per heavy atom. The molecule has 7 nitrogen and oxygen atoms in total. The third-order valence-corrected chi connectivity index (χ3v) is 2.72. The Hall–Kier alpha value is -2.83. The molecule has 0 bridgehead atoms. The van der Waals surface area contributed by atoms with Crippen LogP contribution in [0, 0.1) is 0 Å². The highest BCUT2D eigenvalue weighted by Crippen LogP contribution is 2.11. The Bertz CT molecular complexity index is 637. The van der Waals surface area contributed by atoms with Gasteiger partial charge in [-0.3, -0.25) is 10.00 Å². The van der Waals surface area contributed by atoms with Crippen molar-refractivity contribution < 1.29 is 19.1 Å². The number of ether oxygens (including phenoxy) is 2. The molecule has 110 valence electrons. The van der Waals surface area contributed by atoms with E-state index < -0.39 is 12.1 Å². The molecule has 0 saturated carbocycles. The van der Waals surface area contributed by atoms with Crippen LogP contribution in [-0.4, -0.2) is 29.0 Å². The summed E-state index contributed by atoms with van der Waals surface area (Å²) in [4.78, 5) is 23.0. The first-order chi connectivity index (χ1) is 10.1. The van der Waals surface area contributed by atoms with Gasteiger partial charge in [0, 0.05) is 13.1 Å². The van der Waals surface area contributed by atoms with Gasteiger partial charge in [0.15, 0.2) is 5.69 Å². The molecule has 0 atom stereocenters. The summed E-state index contributed by atoms with van der Waals surface area (Å²) in [6.07, 6.45) is -0.627. The zero-order chi connectivity index (χ0) is 15.2. The van der Waals surface area contributed by atoms with Gasteiger partial charge in [0.2, 0.25) is 0 Å². The molecule has 0 spiro atoms. The van der Waals surface area contributed by atoms with E-state index >= 15 is 0 Å². The van der Waals surface area contributed by atoms with Gasteiger partial charge in [-0.1, -0.05) is 30.3 Å². The first-order valence-corrected chi connectivity index (χ1v) is 6.20. The smallest absolute Gasteiger partial charge is 0.413 e. The Labute approximate surface area is 121 Å². The summed E-state index contributed by atoms with van der Waals surface area (Å²) in [5.41, 5.74) is 0.992. The summed E-state index contributed by atoms with van der Waals surface area (Å²) in [5.74, 6) is -0.232. The second kappa shape index (κ2) is 6.56. The van der Waals surface area contributed by atoms with Crippen LogP contribution in [0.5, 0.6) is 0 Å². The molecule has 1 amide bonds. The zero-order valence-corrected chi connectivity index (χ0v) is 11.7. The summed E-state index contributed by atoms with van der Waals surface area (Å²) in [6, 6.07) is 10.7. The number of carbonyl (C=O) groups excluding carboxylic acids is 2. The average Bonchev–Trinajstić information content (AvgIpc) is 2.86. The number of esters is 1. The molecule has 0 unspecified atom stereocenters. The van der Waals surface area contributed by atoms with Crippen LogP contribution in [0.2, 0.25) is 0 Å². The highest BCUT2D eigenvalue weighted by molar-refractivity contribution is 5.90. The molecule has 7 heteroatoms. The molecule has 21 heavy (non-hydrogen) atoms. The van der Waals surface area contributed by atoms with Crippen molar-refractivity contribution in [3.8, 4) is 0 Å². The van der Waals surface area contributed by atoms with E-state index in [0.717, 1.165) is 5.56 Å². The fraction of sp³-hybridized carbons (Fsp3) is 0.214. The topological polar surface area (TPSA) is 82.5 Å². The molecule has 0 radical (unpaired) electrons. The molecule has 1 aromatic heterocycles. The molecule has 0 aliphatic heterocycles. The van der Waals surface area contributed by atoms with Gasteiger partial charge in [0.1, 0.15) is 12.4 Å². The molecule has 0 fully saturated rings. The first kappa shape index (κ1) is 14.6. The number of carbonyl (C=O) groups is 2. The van der Waals surface area contributed by atoms with Crippen LogP contribution >= 0.6 is 0 Å². The number of hydrogen-bond donors (Lipinski definition) is 1. The van der Waals surface area contributed by atoms with Crippen molar-refractivity contribution in [3.05, 3.63) is 47.7 Å². The van der Waals surface area contributed by atoms with E-state index in [1.165, 1.54) is 17.9 Å². The summed E-state index contributed by atoms with van der Waals surface area (Å²) in [7, 11) is 2.86. The van der Waals surface area contributed by atoms with Gasteiger partial charge >= 0.3 is 12.1 Å². The van der Waals surface area contributed by atoms with Gasteiger partial charge in [-0.25, -0.2) is 9.59 Å². The van der Waals surface area contributed by atoms with Crippen LogP contribution in [0.3, 0.4) is 0 Å². The van der Waals surface area contributed by atoms with Crippen LogP contribution in [0.25, 0.3) is 0 Å². The SMILES string of the molecule is COC(=O)c1cc(NC(=O)OCc2ccccc2)n(C)n1. The zero-order valence-electron chi connectivity index (χ0n) is 11.7. The van der Waals surface area contributed by atoms with Gasteiger partial charge in [-0.15, -0.1) is 0 Å². The molecule has 2 aromatic rings. The van der Waals surface area contributed by atoms with Crippen molar-refractivity contribution in [3.63, 3.8) is 0 Å². The molecule has 0 aliphatic rings. The van der Waals surface area contributed by atoms with Crippen LogP contribution in [-0.2, 0) is 23.1 Å². The summed E-state index contributed by atoms with van der Waals surface area (Å²) in [5, 5.41) is 6.44. The van der Waals surface area contributed by atoms with E-state index in [1.54, 1.807) is 7.05 Å². The number of hydrogen-bond acceptors (Lipinski definition) is 5. The number of nitrogens with zero attached hydrogens (tertiary/aromatic N) is 2. The van der Waals surface area contributed by atoms with Gasteiger partial charge in [-0.2, -0.15) is 5.10 Å². The number of aryl methyl sites for hydroxylation is 1. The fourth-order valence-electron chi connectivity index (χ4n) is 1.65. The van der Waals surface area contributed by atoms with E-state index in [2.05, 4.69) is 15.2 Å². The Morgan fingerprint density at radius 2 is 2.00 bits per heavy atom. The van der Waals surface area contributed by atoms with Crippen LogP contribution in [0.1, 0.15) is 16.1 Å². The molecular formula is C14H15N3O4. The molecule has 1 N–H and O–H groups in total. The van der Waals surface area contributed by atoms with E-state index in [4.69, 9.17) is 4.74 Å². The molecule has 0 saturated heterocycles. The Morgan fingerprint density at radius 1 is 1.29 bits per heavy atom. The first-order valence-electron chi connectivity index (χ1n) is 6.20. The monoisotopic (exact) mass is 289 g/mol. The number of benzene rings is 1. The second-order valence-electron chi connectivity index (χ2n) is 4.22. The van der Waals surface area contributed by atoms with E-state index in [1.807, 2.05) is 30.3 Å². The van der Waals surface area contributed by atoms with Crippen molar-refractivity contribution in [2.45, 2.75) is 6.61 Å². The standard InChI is InChI=1S/C14H15N3O4/c1-17-12(8-11(16-17)13(18)20-2)15-14(19)21-9-10-6-4-3-5-7-10/h3-8H,9H2,1-2H3,(H,15,19). The minimum atomic E-state index is -0.627. The Kier molecular flexibility index (Phi) is 4.55. The van der Waals surface area contributed by atoms with Crippen molar-refractivity contribution >= 4 is 17.9 Å². The second-order valence-corrected chi connectivity index (χ2v) is 4.22. The van der Waals surface area contributed by atoms with E-state index in [9.17, 15) is 9.59 Å². The summed E-state index contributed by atoms with van der Waals surface area (Å²) < 4.78 is 11.0. The van der Waals surface area contributed by atoms with Crippen LogP contribution < -0.4 is 5.32 Å². The number of rotatable bonds is 4. The van der Waals surface area contributed by atoms with E-state index in [0.29, 0.717) is 5.82 Å². The predicted molar refractivity (Wildman–Crippen MR) is 74.8 cm³/mol. The minimum Gasteiger partial charge on any atom is -0.464 e. The fourth-order valence-corrected chi connectivity index (χ4v) is 1.65. The maximum atomic E-state index is 11.7. The van der Waals surface area contributed by atoms with Crippen molar-refractivity contribution in [2.24, 2.45) is 7.05 Å². The molecular weight excluding hydrogens is 274 g/mol. The third-order valence-electron chi connectivity index (χ3n) is 2.72. The van der Waals surface area contributed by atoms with Gasteiger partial charge in [-0.05, 0) is 5.56 Å². The maximum Gasteiger partial charge on any atom is 0.413 e. The molecule has 0 aliphatic carbocycles. The highest BCUT2D eigenvalue weighted by atomic mass is 16.5. The largest absolute Gasteiger partial charge is 0.464 e. The summed E-state index contributed by atoms with van der Waals surface area (Å²) in [6.45, 7) is 0.161. The average molecular weight is 289 g/mol. The predicted octanol–water partition coefficient (Wildman–Crippen LogP) is 1.96. The number of anilines is 1. The quantitative estimate of drug-likeness (QED) is 0.870. The number of nitrogens with one attached hydrogen (secondary N) is 1. The lowest BCUT2D eigenvalue weighted by atomic mass is 10.2. The lowest BCUT2D eigenvalue weighted by Crippen LogP contribution is -2.15. The number of amides is 1. The van der Waals surface area contributed by atoms with Crippen molar-refractivity contribution in [2.75, 3.05) is 12.4 Å². The van der Waals surface area contributed by atoms with Crippen molar-refractivity contribution in [1.82, 2.24) is 9.78 Å². The van der Waals surface area contributed by atoms with Crippen molar-refractivity contribution in [1.29, 1.82) is 0 Å². The minimum absolute atomic E-state index is 0.110. The number of aromatic nitrogens is 2. The normalized spacial score (nSPS) is 10.0. The van der Waals surface area contributed by atoms with Crippen LogP contribution in [0.15, 0.2) is 36.4 Å². The van der Waals surface area contributed by atoms with Gasteiger partial charge in [0.25, 0.3) is 0 Å². The van der Waals surface area contributed by atoms with Crippen LogP contribution in [0.4, 0.5) is 10.6 Å². The molecule has 2 rings (SSSR count).